The number of rotatable bonds is 3. The van der Waals surface area contributed by atoms with E-state index < -0.39 is 5.41 Å². The summed E-state index contributed by atoms with van der Waals surface area (Å²) in [6.45, 7) is 7.95. The predicted molar refractivity (Wildman–Crippen MR) is 48.9 cm³/mol. The van der Waals surface area contributed by atoms with Crippen molar-refractivity contribution in [2.75, 3.05) is 13.7 Å². The fourth-order valence-electron chi connectivity index (χ4n) is 0.501. The number of esters is 1. The molecular weight excluding hydrogens is 154 g/mol. The normalized spacial score (nSPS) is 14.1. The van der Waals surface area contributed by atoms with Gasteiger partial charge in [-0.05, 0) is 34.7 Å². The molecule has 0 spiro atoms. The maximum atomic E-state index is 11.2. The molecule has 0 bridgehead atoms. The van der Waals surface area contributed by atoms with Crippen LogP contribution in [0.1, 0.15) is 27.7 Å². The summed E-state index contributed by atoms with van der Waals surface area (Å²) in [5.41, 5.74) is -0.395. The second-order valence-electron chi connectivity index (χ2n) is 4.04. The molecule has 72 valence electrons. The molecule has 0 aromatic rings. The molecule has 0 amide bonds. The first-order valence-corrected chi connectivity index (χ1v) is 4.22. The van der Waals surface area contributed by atoms with E-state index in [0.29, 0.717) is 6.61 Å². The molecule has 0 aliphatic heterocycles. The zero-order valence-electron chi connectivity index (χ0n) is 8.60. The standard InChI is InChI=1S/C9H19NO2/c1-7(10-5)6-12-8(11)9(2,3)4/h7,10H,6H2,1-5H3/t7-/m0/s1. The maximum absolute atomic E-state index is 11.2. The lowest BCUT2D eigenvalue weighted by Gasteiger charge is -2.18. The van der Waals surface area contributed by atoms with E-state index in [-0.39, 0.29) is 12.0 Å². The molecule has 3 nitrogen and oxygen atoms in total. The molecular formula is C9H19NO2. The van der Waals surface area contributed by atoms with Gasteiger partial charge in [-0.3, -0.25) is 4.79 Å². The number of ether oxygens (including phenoxy) is 1. The molecule has 0 saturated heterocycles. The molecule has 0 aromatic heterocycles. The minimum Gasteiger partial charge on any atom is -0.464 e. The quantitative estimate of drug-likeness (QED) is 0.651. The third-order valence-electron chi connectivity index (χ3n) is 1.57. The summed E-state index contributed by atoms with van der Waals surface area (Å²) in [7, 11) is 1.84. The van der Waals surface area contributed by atoms with E-state index in [1.807, 2.05) is 34.7 Å². The maximum Gasteiger partial charge on any atom is 0.311 e. The molecule has 0 aromatic carbocycles. The number of nitrogens with one attached hydrogen (secondary N) is 1. The van der Waals surface area contributed by atoms with E-state index in [0.717, 1.165) is 0 Å². The van der Waals surface area contributed by atoms with Gasteiger partial charge in [0, 0.05) is 6.04 Å². The number of hydrogen-bond acceptors (Lipinski definition) is 3. The van der Waals surface area contributed by atoms with Gasteiger partial charge in [-0.25, -0.2) is 0 Å². The SMILES string of the molecule is CN[C@@H](C)COC(=O)C(C)(C)C. The molecule has 0 aliphatic carbocycles. The Hall–Kier alpha value is -0.570. The van der Waals surface area contributed by atoms with Crippen LogP contribution in [0.4, 0.5) is 0 Å². The van der Waals surface area contributed by atoms with E-state index in [1.54, 1.807) is 0 Å². The Kier molecular flexibility index (Phi) is 4.24. The van der Waals surface area contributed by atoms with Gasteiger partial charge in [-0.1, -0.05) is 0 Å². The Labute approximate surface area is 74.5 Å². The lowest BCUT2D eigenvalue weighted by Crippen LogP contribution is -2.31. The Morgan fingerprint density at radius 1 is 1.50 bits per heavy atom. The van der Waals surface area contributed by atoms with Crippen LogP contribution < -0.4 is 5.32 Å². The van der Waals surface area contributed by atoms with Crippen molar-refractivity contribution in [2.45, 2.75) is 33.7 Å². The van der Waals surface area contributed by atoms with Crippen molar-refractivity contribution >= 4 is 5.97 Å². The smallest absolute Gasteiger partial charge is 0.311 e. The highest BCUT2D eigenvalue weighted by molar-refractivity contribution is 5.75. The van der Waals surface area contributed by atoms with Crippen LogP contribution >= 0.6 is 0 Å². The average Bonchev–Trinajstić information content (AvgIpc) is 1.97. The van der Waals surface area contributed by atoms with Crippen LogP contribution in [0.25, 0.3) is 0 Å². The zero-order valence-corrected chi connectivity index (χ0v) is 8.60. The first-order valence-electron chi connectivity index (χ1n) is 4.22. The summed E-state index contributed by atoms with van der Waals surface area (Å²) in [6.07, 6.45) is 0. The van der Waals surface area contributed by atoms with Crippen molar-refractivity contribution in [3.8, 4) is 0 Å². The highest BCUT2D eigenvalue weighted by Crippen LogP contribution is 2.14. The summed E-state index contributed by atoms with van der Waals surface area (Å²) in [4.78, 5) is 11.2. The summed E-state index contributed by atoms with van der Waals surface area (Å²) in [5, 5.41) is 2.99. The largest absolute Gasteiger partial charge is 0.464 e. The first-order chi connectivity index (χ1) is 5.38. The minimum absolute atomic E-state index is 0.149. The number of hydrogen-bond donors (Lipinski definition) is 1. The molecule has 0 fully saturated rings. The molecule has 0 rings (SSSR count). The lowest BCUT2D eigenvalue weighted by atomic mass is 9.97. The summed E-state index contributed by atoms with van der Waals surface area (Å²) >= 11 is 0. The van der Waals surface area contributed by atoms with Gasteiger partial charge < -0.3 is 10.1 Å². The van der Waals surface area contributed by atoms with E-state index in [1.165, 1.54) is 0 Å². The van der Waals surface area contributed by atoms with Crippen molar-refractivity contribution in [3.05, 3.63) is 0 Å². The van der Waals surface area contributed by atoms with Crippen LogP contribution in [0.15, 0.2) is 0 Å². The van der Waals surface area contributed by atoms with Gasteiger partial charge in [0.2, 0.25) is 0 Å². The zero-order chi connectivity index (χ0) is 9.78. The molecule has 1 atom stereocenters. The van der Waals surface area contributed by atoms with Crippen LogP contribution in [-0.4, -0.2) is 25.7 Å². The summed E-state index contributed by atoms with van der Waals surface area (Å²) in [5.74, 6) is -0.149. The van der Waals surface area contributed by atoms with Gasteiger partial charge in [0.1, 0.15) is 6.61 Å². The molecule has 3 heteroatoms. The third-order valence-corrected chi connectivity index (χ3v) is 1.57. The van der Waals surface area contributed by atoms with Crippen molar-refractivity contribution in [2.24, 2.45) is 5.41 Å². The monoisotopic (exact) mass is 173 g/mol. The summed E-state index contributed by atoms with van der Waals surface area (Å²) in [6, 6.07) is 0.219. The average molecular weight is 173 g/mol. The number of carbonyl (C=O) groups is 1. The van der Waals surface area contributed by atoms with Gasteiger partial charge in [0.25, 0.3) is 0 Å². The molecule has 0 aliphatic rings. The van der Waals surface area contributed by atoms with Gasteiger partial charge in [-0.15, -0.1) is 0 Å². The fourth-order valence-corrected chi connectivity index (χ4v) is 0.501. The highest BCUT2D eigenvalue weighted by atomic mass is 16.5. The van der Waals surface area contributed by atoms with E-state index in [4.69, 9.17) is 4.74 Å². The Morgan fingerprint density at radius 2 is 2.00 bits per heavy atom. The van der Waals surface area contributed by atoms with Crippen LogP contribution in [0, 0.1) is 5.41 Å². The fraction of sp³-hybridized carbons (Fsp3) is 0.889. The third kappa shape index (κ3) is 4.34. The minimum atomic E-state index is -0.395. The van der Waals surface area contributed by atoms with Crippen LogP contribution in [0.5, 0.6) is 0 Å². The van der Waals surface area contributed by atoms with Gasteiger partial charge in [-0.2, -0.15) is 0 Å². The second-order valence-corrected chi connectivity index (χ2v) is 4.04. The molecule has 0 radical (unpaired) electrons. The molecule has 0 heterocycles. The molecule has 1 N–H and O–H groups in total. The molecule has 0 unspecified atom stereocenters. The van der Waals surface area contributed by atoms with Gasteiger partial charge >= 0.3 is 5.97 Å². The Morgan fingerprint density at radius 3 is 2.33 bits per heavy atom. The number of likely N-dealkylation sites (N-methyl/N-ethyl adjacent to an activating group) is 1. The van der Waals surface area contributed by atoms with E-state index >= 15 is 0 Å². The van der Waals surface area contributed by atoms with Crippen LogP contribution in [0.2, 0.25) is 0 Å². The Balaban J connectivity index is 3.73. The summed E-state index contributed by atoms with van der Waals surface area (Å²) < 4.78 is 5.06. The topological polar surface area (TPSA) is 38.3 Å². The predicted octanol–water partition coefficient (Wildman–Crippen LogP) is 1.18. The second kappa shape index (κ2) is 4.45. The van der Waals surface area contributed by atoms with Gasteiger partial charge in [0.05, 0.1) is 5.41 Å². The van der Waals surface area contributed by atoms with Crippen LogP contribution in [0.3, 0.4) is 0 Å². The van der Waals surface area contributed by atoms with Crippen molar-refractivity contribution in [3.63, 3.8) is 0 Å². The lowest BCUT2D eigenvalue weighted by molar-refractivity contribution is -0.153. The van der Waals surface area contributed by atoms with Crippen molar-refractivity contribution in [1.82, 2.24) is 5.32 Å². The van der Waals surface area contributed by atoms with E-state index in [2.05, 4.69) is 5.32 Å². The first kappa shape index (κ1) is 11.4. The van der Waals surface area contributed by atoms with Crippen molar-refractivity contribution in [1.29, 1.82) is 0 Å². The molecule has 12 heavy (non-hydrogen) atoms. The van der Waals surface area contributed by atoms with Crippen molar-refractivity contribution < 1.29 is 9.53 Å². The number of carbonyl (C=O) groups excluding carboxylic acids is 1. The van der Waals surface area contributed by atoms with E-state index in [9.17, 15) is 4.79 Å². The molecule has 0 saturated carbocycles. The van der Waals surface area contributed by atoms with Gasteiger partial charge in [0.15, 0.2) is 0 Å². The highest BCUT2D eigenvalue weighted by Gasteiger charge is 2.23. The Bertz CT molecular complexity index is 149. The van der Waals surface area contributed by atoms with Crippen LogP contribution in [-0.2, 0) is 9.53 Å².